The molecule has 2 aromatic rings. The Bertz CT molecular complexity index is 604. The summed E-state index contributed by atoms with van der Waals surface area (Å²) in [5, 5.41) is 9.98. The Balaban J connectivity index is 1.72. The van der Waals surface area contributed by atoms with E-state index in [0.717, 1.165) is 5.11 Å². The molecule has 1 atom stereocenters. The van der Waals surface area contributed by atoms with Crippen molar-refractivity contribution in [3.05, 3.63) is 48.0 Å². The van der Waals surface area contributed by atoms with E-state index < -0.39 is 0 Å². The minimum absolute atomic E-state index is 0.225. The Morgan fingerprint density at radius 2 is 1.89 bits per heavy atom. The van der Waals surface area contributed by atoms with Crippen LogP contribution in [0.5, 0.6) is 0 Å². The van der Waals surface area contributed by atoms with Crippen molar-refractivity contribution in [1.29, 1.82) is 0 Å². The Kier molecular flexibility index (Phi) is 3.38. The third-order valence-corrected chi connectivity index (χ3v) is 3.77. The van der Waals surface area contributed by atoms with Gasteiger partial charge in [0.2, 0.25) is 0 Å². The maximum Gasteiger partial charge on any atom is 0.166 e. The Labute approximate surface area is 119 Å². The van der Waals surface area contributed by atoms with Crippen LogP contribution in [-0.4, -0.2) is 11.2 Å². The molecule has 0 saturated heterocycles. The smallest absolute Gasteiger partial charge is 0.166 e. The van der Waals surface area contributed by atoms with Crippen molar-refractivity contribution in [2.45, 2.75) is 31.8 Å². The molecule has 0 aromatic heterocycles. The molecule has 1 aliphatic rings. The zero-order valence-corrected chi connectivity index (χ0v) is 11.8. The highest BCUT2D eigenvalue weighted by Crippen LogP contribution is 2.21. The van der Waals surface area contributed by atoms with Gasteiger partial charge in [-0.3, -0.25) is 0 Å². The highest BCUT2D eigenvalue weighted by atomic mass is 32.1. The summed E-state index contributed by atoms with van der Waals surface area (Å²) >= 11 is 5.32. The van der Waals surface area contributed by atoms with Gasteiger partial charge in [-0.1, -0.05) is 36.4 Å². The Morgan fingerprint density at radius 1 is 1.16 bits per heavy atom. The Morgan fingerprint density at radius 3 is 2.63 bits per heavy atom. The summed E-state index contributed by atoms with van der Waals surface area (Å²) in [6.45, 7) is 2.14. The molecule has 0 aliphatic heterocycles. The fourth-order valence-corrected chi connectivity index (χ4v) is 2.56. The average molecular weight is 270 g/mol. The number of hydrogen-bond acceptors (Lipinski definition) is 1. The highest BCUT2D eigenvalue weighted by molar-refractivity contribution is 7.80. The van der Waals surface area contributed by atoms with Crippen LogP contribution in [0.4, 0.5) is 0 Å². The molecular weight excluding hydrogens is 252 g/mol. The van der Waals surface area contributed by atoms with Crippen molar-refractivity contribution < 1.29 is 0 Å². The molecule has 0 radical (unpaired) electrons. The second kappa shape index (κ2) is 5.17. The first-order chi connectivity index (χ1) is 9.22. The van der Waals surface area contributed by atoms with Gasteiger partial charge < -0.3 is 10.6 Å². The van der Waals surface area contributed by atoms with Gasteiger partial charge in [0, 0.05) is 6.04 Å². The molecule has 0 amide bonds. The van der Waals surface area contributed by atoms with Crippen molar-refractivity contribution in [1.82, 2.24) is 10.6 Å². The van der Waals surface area contributed by atoms with Gasteiger partial charge in [-0.05, 0) is 54.4 Å². The predicted molar refractivity (Wildman–Crippen MR) is 84.3 cm³/mol. The largest absolute Gasteiger partial charge is 0.360 e. The molecule has 19 heavy (non-hydrogen) atoms. The minimum atomic E-state index is 0.225. The molecule has 3 heteroatoms. The van der Waals surface area contributed by atoms with Crippen LogP contribution in [0.15, 0.2) is 42.5 Å². The summed E-state index contributed by atoms with van der Waals surface area (Å²) in [5.74, 6) is 0. The van der Waals surface area contributed by atoms with E-state index in [2.05, 4.69) is 60.0 Å². The second-order valence-corrected chi connectivity index (χ2v) is 5.63. The summed E-state index contributed by atoms with van der Waals surface area (Å²) < 4.78 is 0. The lowest BCUT2D eigenvalue weighted by molar-refractivity contribution is 0.698. The zero-order valence-electron chi connectivity index (χ0n) is 11.0. The second-order valence-electron chi connectivity index (χ2n) is 5.22. The van der Waals surface area contributed by atoms with Crippen LogP contribution < -0.4 is 10.6 Å². The van der Waals surface area contributed by atoms with E-state index in [-0.39, 0.29) is 6.04 Å². The van der Waals surface area contributed by atoms with Gasteiger partial charge in [0.25, 0.3) is 0 Å². The third-order valence-electron chi connectivity index (χ3n) is 3.53. The standard InChI is InChI=1S/C16H18N2S/c1-11(17-16(19)18-15-8-9-15)13-7-6-12-4-2-3-5-14(12)10-13/h2-7,10-11,15H,8-9H2,1H3,(H2,17,18,19). The van der Waals surface area contributed by atoms with Crippen LogP contribution in [0.2, 0.25) is 0 Å². The summed E-state index contributed by atoms with van der Waals surface area (Å²) in [7, 11) is 0. The molecule has 2 N–H and O–H groups in total. The minimum Gasteiger partial charge on any atom is -0.360 e. The van der Waals surface area contributed by atoms with E-state index in [1.165, 1.54) is 29.2 Å². The average Bonchev–Trinajstić information content (AvgIpc) is 3.21. The normalized spacial score (nSPS) is 16.1. The van der Waals surface area contributed by atoms with Crippen molar-refractivity contribution in [3.8, 4) is 0 Å². The SMILES string of the molecule is CC(NC(=S)NC1CC1)c1ccc2ccccc2c1. The van der Waals surface area contributed by atoms with Gasteiger partial charge in [0.15, 0.2) is 5.11 Å². The maximum atomic E-state index is 5.32. The van der Waals surface area contributed by atoms with Crippen LogP contribution in [-0.2, 0) is 0 Å². The first-order valence-corrected chi connectivity index (χ1v) is 7.19. The first-order valence-electron chi connectivity index (χ1n) is 6.78. The number of thiocarbonyl (C=S) groups is 1. The van der Waals surface area contributed by atoms with E-state index >= 15 is 0 Å². The molecule has 1 fully saturated rings. The molecule has 2 aromatic carbocycles. The van der Waals surface area contributed by atoms with Gasteiger partial charge in [-0.15, -0.1) is 0 Å². The van der Waals surface area contributed by atoms with E-state index in [1.807, 2.05) is 0 Å². The summed E-state index contributed by atoms with van der Waals surface area (Å²) in [6.07, 6.45) is 2.48. The van der Waals surface area contributed by atoms with Gasteiger partial charge in [-0.2, -0.15) is 0 Å². The number of nitrogens with one attached hydrogen (secondary N) is 2. The topological polar surface area (TPSA) is 24.1 Å². The van der Waals surface area contributed by atoms with Gasteiger partial charge in [0.05, 0.1) is 6.04 Å². The van der Waals surface area contributed by atoms with E-state index in [9.17, 15) is 0 Å². The van der Waals surface area contributed by atoms with Crippen molar-refractivity contribution in [3.63, 3.8) is 0 Å². The van der Waals surface area contributed by atoms with Crippen molar-refractivity contribution in [2.75, 3.05) is 0 Å². The molecule has 0 spiro atoms. The van der Waals surface area contributed by atoms with Gasteiger partial charge >= 0.3 is 0 Å². The molecule has 1 saturated carbocycles. The van der Waals surface area contributed by atoms with E-state index in [0.29, 0.717) is 6.04 Å². The number of fused-ring (bicyclic) bond motifs is 1. The van der Waals surface area contributed by atoms with Crippen molar-refractivity contribution in [2.24, 2.45) is 0 Å². The Hall–Kier alpha value is -1.61. The monoisotopic (exact) mass is 270 g/mol. The summed E-state index contributed by atoms with van der Waals surface area (Å²) in [6, 6.07) is 15.8. The summed E-state index contributed by atoms with van der Waals surface area (Å²) in [5.41, 5.74) is 1.26. The lowest BCUT2D eigenvalue weighted by Gasteiger charge is -2.17. The molecule has 1 aliphatic carbocycles. The number of benzene rings is 2. The first kappa shape index (κ1) is 12.4. The van der Waals surface area contributed by atoms with Crippen LogP contribution in [0, 0.1) is 0 Å². The molecule has 0 heterocycles. The fraction of sp³-hybridized carbons (Fsp3) is 0.312. The lowest BCUT2D eigenvalue weighted by Crippen LogP contribution is -2.37. The molecule has 3 rings (SSSR count). The van der Waals surface area contributed by atoms with Crippen LogP contribution in [0.25, 0.3) is 10.8 Å². The van der Waals surface area contributed by atoms with Crippen LogP contribution >= 0.6 is 12.2 Å². The number of hydrogen-bond donors (Lipinski definition) is 2. The molecule has 1 unspecified atom stereocenters. The summed E-state index contributed by atoms with van der Waals surface area (Å²) in [4.78, 5) is 0. The quantitative estimate of drug-likeness (QED) is 0.834. The molecule has 2 nitrogen and oxygen atoms in total. The van der Waals surface area contributed by atoms with Gasteiger partial charge in [-0.25, -0.2) is 0 Å². The molecular formula is C16H18N2S. The predicted octanol–water partition coefficient (Wildman–Crippen LogP) is 3.53. The zero-order chi connectivity index (χ0) is 13.2. The third kappa shape index (κ3) is 3.04. The van der Waals surface area contributed by atoms with Gasteiger partial charge in [0.1, 0.15) is 0 Å². The highest BCUT2D eigenvalue weighted by Gasteiger charge is 2.22. The molecule has 98 valence electrons. The van der Waals surface area contributed by atoms with Crippen LogP contribution in [0.1, 0.15) is 31.4 Å². The van der Waals surface area contributed by atoms with E-state index in [4.69, 9.17) is 12.2 Å². The lowest BCUT2D eigenvalue weighted by atomic mass is 10.0. The fourth-order valence-electron chi connectivity index (χ4n) is 2.21. The van der Waals surface area contributed by atoms with Crippen molar-refractivity contribution >= 4 is 28.1 Å². The van der Waals surface area contributed by atoms with E-state index in [1.54, 1.807) is 0 Å². The number of rotatable bonds is 3. The molecule has 0 bridgehead atoms. The van der Waals surface area contributed by atoms with Crippen LogP contribution in [0.3, 0.4) is 0 Å². The maximum absolute atomic E-state index is 5.32.